The van der Waals surface area contributed by atoms with Crippen molar-refractivity contribution < 1.29 is 22.8 Å². The second-order valence-electron chi connectivity index (χ2n) is 5.91. The van der Waals surface area contributed by atoms with Gasteiger partial charge in [0.25, 0.3) is 0 Å². The van der Waals surface area contributed by atoms with E-state index in [0.717, 1.165) is 18.9 Å². The quantitative estimate of drug-likeness (QED) is 0.854. The summed E-state index contributed by atoms with van der Waals surface area (Å²) in [5.41, 5.74) is -0.820. The molecule has 2 fully saturated rings. The maximum atomic E-state index is 12.7. The Labute approximate surface area is 131 Å². The Morgan fingerprint density at radius 1 is 1.22 bits per heavy atom. The number of halogens is 3. The number of hydrogen-bond acceptors (Lipinski definition) is 3. The van der Waals surface area contributed by atoms with Gasteiger partial charge in [-0.05, 0) is 30.9 Å². The number of amides is 3. The number of alkyl halides is 3. The van der Waals surface area contributed by atoms with Crippen molar-refractivity contribution in [1.29, 1.82) is 0 Å². The van der Waals surface area contributed by atoms with Gasteiger partial charge in [-0.15, -0.1) is 0 Å². The highest BCUT2D eigenvalue weighted by Gasteiger charge is 2.37. The van der Waals surface area contributed by atoms with Crippen molar-refractivity contribution >= 4 is 11.9 Å². The summed E-state index contributed by atoms with van der Waals surface area (Å²) < 4.78 is 38.1. The highest BCUT2D eigenvalue weighted by Crippen LogP contribution is 2.31. The first-order valence-corrected chi connectivity index (χ1v) is 7.47. The largest absolute Gasteiger partial charge is 0.433 e. The summed E-state index contributed by atoms with van der Waals surface area (Å²) >= 11 is 0. The standard InChI is InChI=1S/C15H16F3N3O2/c16-15(17,18)12-3-1-2-11(19-12)9-20-7-6-13(22)21(14(20)23)8-10-4-5-10/h1-3,10H,4-9H2. The molecule has 1 saturated heterocycles. The number of rotatable bonds is 4. The molecule has 1 aromatic rings. The van der Waals surface area contributed by atoms with Crippen LogP contribution in [-0.2, 0) is 17.5 Å². The minimum Gasteiger partial charge on any atom is -0.318 e. The maximum Gasteiger partial charge on any atom is 0.433 e. The molecule has 8 heteroatoms. The summed E-state index contributed by atoms with van der Waals surface area (Å²) in [6.45, 7) is 0.581. The molecule has 0 aromatic carbocycles. The Morgan fingerprint density at radius 2 is 1.96 bits per heavy atom. The SMILES string of the molecule is O=C1CCN(Cc2cccc(C(F)(F)F)n2)C(=O)N1CC1CC1. The first-order chi connectivity index (χ1) is 10.8. The number of aromatic nitrogens is 1. The molecule has 3 rings (SSSR count). The molecule has 0 spiro atoms. The number of hydrogen-bond donors (Lipinski definition) is 0. The molecule has 0 atom stereocenters. The lowest BCUT2D eigenvalue weighted by atomic mass is 10.2. The molecule has 2 aliphatic rings. The second-order valence-corrected chi connectivity index (χ2v) is 5.91. The van der Waals surface area contributed by atoms with Gasteiger partial charge in [-0.3, -0.25) is 9.69 Å². The van der Waals surface area contributed by atoms with Crippen LogP contribution in [0.25, 0.3) is 0 Å². The summed E-state index contributed by atoms with van der Waals surface area (Å²) in [5, 5.41) is 0. The third-order valence-electron chi connectivity index (χ3n) is 3.99. The monoisotopic (exact) mass is 327 g/mol. The highest BCUT2D eigenvalue weighted by atomic mass is 19.4. The van der Waals surface area contributed by atoms with Crippen LogP contribution in [0.5, 0.6) is 0 Å². The normalized spacial score (nSPS) is 19.4. The molecule has 0 radical (unpaired) electrons. The molecule has 5 nitrogen and oxygen atoms in total. The minimum atomic E-state index is -4.52. The average Bonchev–Trinajstić information content (AvgIpc) is 3.30. The molecule has 2 heterocycles. The van der Waals surface area contributed by atoms with Crippen molar-refractivity contribution in [3.8, 4) is 0 Å². The first kappa shape index (κ1) is 15.8. The number of pyridine rings is 1. The molecule has 0 unspecified atom stereocenters. The van der Waals surface area contributed by atoms with Gasteiger partial charge in [-0.1, -0.05) is 6.07 Å². The molecule has 1 aromatic heterocycles. The predicted molar refractivity (Wildman–Crippen MR) is 74.1 cm³/mol. The smallest absolute Gasteiger partial charge is 0.318 e. The molecule has 0 bridgehead atoms. The molecule has 3 amide bonds. The van der Waals surface area contributed by atoms with Crippen LogP contribution in [0.2, 0.25) is 0 Å². The van der Waals surface area contributed by atoms with Gasteiger partial charge in [0.15, 0.2) is 0 Å². The molecule has 0 N–H and O–H groups in total. The molecule has 1 aliphatic heterocycles. The van der Waals surface area contributed by atoms with E-state index in [4.69, 9.17) is 0 Å². The van der Waals surface area contributed by atoms with Crippen LogP contribution in [0.3, 0.4) is 0 Å². The zero-order chi connectivity index (χ0) is 16.6. The Balaban J connectivity index is 1.72. The van der Waals surface area contributed by atoms with Crippen LogP contribution in [0, 0.1) is 5.92 Å². The van der Waals surface area contributed by atoms with E-state index in [9.17, 15) is 22.8 Å². The van der Waals surface area contributed by atoms with E-state index in [1.165, 1.54) is 21.9 Å². The van der Waals surface area contributed by atoms with Crippen molar-refractivity contribution in [3.63, 3.8) is 0 Å². The van der Waals surface area contributed by atoms with Crippen molar-refractivity contribution in [1.82, 2.24) is 14.8 Å². The molecular weight excluding hydrogens is 311 g/mol. The molecule has 124 valence electrons. The highest BCUT2D eigenvalue weighted by molar-refractivity contribution is 5.96. The van der Waals surface area contributed by atoms with Crippen LogP contribution < -0.4 is 0 Å². The topological polar surface area (TPSA) is 53.5 Å². The number of urea groups is 1. The minimum absolute atomic E-state index is 0.0306. The van der Waals surface area contributed by atoms with Gasteiger partial charge < -0.3 is 4.90 Å². The Bertz CT molecular complexity index is 629. The van der Waals surface area contributed by atoms with Crippen LogP contribution in [0.1, 0.15) is 30.7 Å². The van der Waals surface area contributed by atoms with Gasteiger partial charge in [-0.2, -0.15) is 13.2 Å². The zero-order valence-corrected chi connectivity index (χ0v) is 12.3. The van der Waals surface area contributed by atoms with E-state index in [1.807, 2.05) is 0 Å². The summed E-state index contributed by atoms with van der Waals surface area (Å²) in [5.74, 6) is 0.157. The number of nitrogens with zero attached hydrogens (tertiary/aromatic N) is 3. The number of carbonyl (C=O) groups excluding carboxylic acids is 2. The summed E-state index contributed by atoms with van der Waals surface area (Å²) in [4.78, 5) is 30.4. The van der Waals surface area contributed by atoms with Gasteiger partial charge in [0, 0.05) is 19.5 Å². The zero-order valence-electron chi connectivity index (χ0n) is 12.3. The average molecular weight is 327 g/mol. The predicted octanol–water partition coefficient (Wildman–Crippen LogP) is 2.66. The van der Waals surface area contributed by atoms with Gasteiger partial charge in [0.2, 0.25) is 5.91 Å². The van der Waals surface area contributed by atoms with Gasteiger partial charge >= 0.3 is 12.2 Å². The third kappa shape index (κ3) is 3.62. The fourth-order valence-corrected chi connectivity index (χ4v) is 2.54. The van der Waals surface area contributed by atoms with Crippen molar-refractivity contribution in [3.05, 3.63) is 29.6 Å². The maximum absolute atomic E-state index is 12.7. The lowest BCUT2D eigenvalue weighted by Gasteiger charge is -2.34. The fraction of sp³-hybridized carbons (Fsp3) is 0.533. The van der Waals surface area contributed by atoms with E-state index in [0.29, 0.717) is 12.5 Å². The molecule has 1 aliphatic carbocycles. The van der Waals surface area contributed by atoms with Crippen LogP contribution >= 0.6 is 0 Å². The van der Waals surface area contributed by atoms with Crippen molar-refractivity contribution in [2.75, 3.05) is 13.1 Å². The summed E-state index contributed by atoms with van der Waals surface area (Å²) in [6.07, 6.45) is -2.31. The molecule has 23 heavy (non-hydrogen) atoms. The Kier molecular flexibility index (Phi) is 3.99. The van der Waals surface area contributed by atoms with Gasteiger partial charge in [0.1, 0.15) is 5.69 Å². The lowest BCUT2D eigenvalue weighted by Crippen LogP contribution is -2.52. The van der Waals surface area contributed by atoms with E-state index in [-0.39, 0.29) is 31.1 Å². The lowest BCUT2D eigenvalue weighted by molar-refractivity contribution is -0.141. The van der Waals surface area contributed by atoms with Crippen LogP contribution in [0.4, 0.5) is 18.0 Å². The van der Waals surface area contributed by atoms with Crippen molar-refractivity contribution in [2.24, 2.45) is 5.92 Å². The summed E-state index contributed by atoms with van der Waals surface area (Å²) in [7, 11) is 0. The Hall–Kier alpha value is -2.12. The van der Waals surface area contributed by atoms with Crippen molar-refractivity contribution in [2.45, 2.75) is 32.0 Å². The second kappa shape index (κ2) is 5.82. The van der Waals surface area contributed by atoms with E-state index < -0.39 is 17.9 Å². The third-order valence-corrected chi connectivity index (χ3v) is 3.99. The van der Waals surface area contributed by atoms with E-state index in [1.54, 1.807) is 0 Å². The first-order valence-electron chi connectivity index (χ1n) is 7.47. The van der Waals surface area contributed by atoms with Crippen LogP contribution in [0.15, 0.2) is 18.2 Å². The van der Waals surface area contributed by atoms with E-state index in [2.05, 4.69) is 4.98 Å². The molecular formula is C15H16F3N3O2. The number of carbonyl (C=O) groups is 2. The van der Waals surface area contributed by atoms with Gasteiger partial charge in [0.05, 0.1) is 12.2 Å². The Morgan fingerprint density at radius 3 is 2.61 bits per heavy atom. The fourth-order valence-electron chi connectivity index (χ4n) is 2.54. The van der Waals surface area contributed by atoms with E-state index >= 15 is 0 Å². The molecule has 1 saturated carbocycles. The van der Waals surface area contributed by atoms with Crippen LogP contribution in [-0.4, -0.2) is 39.8 Å². The summed E-state index contributed by atoms with van der Waals surface area (Å²) in [6, 6.07) is 3.17. The number of imide groups is 1. The van der Waals surface area contributed by atoms with Gasteiger partial charge in [-0.25, -0.2) is 9.78 Å².